The van der Waals surface area contributed by atoms with Crippen LogP contribution in [0.15, 0.2) is 50.8 Å². The van der Waals surface area contributed by atoms with Crippen molar-refractivity contribution in [3.63, 3.8) is 0 Å². The highest BCUT2D eigenvalue weighted by atomic mass is 32.2. The molecule has 0 spiro atoms. The lowest BCUT2D eigenvalue weighted by molar-refractivity contribution is -0.119. The van der Waals surface area contributed by atoms with Crippen LogP contribution in [0.5, 0.6) is 0 Å². The molecule has 5 rings (SSSR count). The molecule has 2 aromatic carbocycles. The van der Waals surface area contributed by atoms with Crippen LogP contribution >= 0.6 is 11.5 Å². The van der Waals surface area contributed by atoms with Crippen LogP contribution < -0.4 is 15.8 Å². The summed E-state index contributed by atoms with van der Waals surface area (Å²) in [7, 11) is -4.32. The maximum Gasteiger partial charge on any atom is 0.420 e. The number of sulfonamides is 1. The Kier molecular flexibility index (Phi) is 5.89. The van der Waals surface area contributed by atoms with Gasteiger partial charge in [0, 0.05) is 36.6 Å². The average Bonchev–Trinajstić information content (AvgIpc) is 3.40. The summed E-state index contributed by atoms with van der Waals surface area (Å²) in [5.41, 5.74) is 3.08. The highest BCUT2D eigenvalue weighted by Gasteiger charge is 2.25. The molecule has 10 nitrogen and oxygen atoms in total. The van der Waals surface area contributed by atoms with E-state index in [1.807, 2.05) is 18.2 Å². The molecule has 0 bridgehead atoms. The zero-order valence-electron chi connectivity index (χ0n) is 18.4. The van der Waals surface area contributed by atoms with Gasteiger partial charge in [-0.25, -0.2) is 22.6 Å². The predicted octanol–water partition coefficient (Wildman–Crippen LogP) is 2.43. The molecule has 2 heterocycles. The molecular formula is C22H20FN5O5S2. The van der Waals surface area contributed by atoms with Gasteiger partial charge in [-0.2, -0.15) is 4.37 Å². The van der Waals surface area contributed by atoms with Gasteiger partial charge in [0.05, 0.1) is 12.1 Å². The van der Waals surface area contributed by atoms with Gasteiger partial charge in [0.2, 0.25) is 11.0 Å². The molecule has 1 aliphatic carbocycles. The molecule has 0 unspecified atom stereocenters. The summed E-state index contributed by atoms with van der Waals surface area (Å²) in [6, 6.07) is 7.74. The summed E-state index contributed by atoms with van der Waals surface area (Å²) >= 11 is 0.802. The zero-order valence-corrected chi connectivity index (χ0v) is 20.1. The van der Waals surface area contributed by atoms with Crippen LogP contribution in [0.25, 0.3) is 11.1 Å². The van der Waals surface area contributed by atoms with Crippen molar-refractivity contribution in [3.05, 3.63) is 69.7 Å². The maximum absolute atomic E-state index is 15.0. The number of aromatic nitrogens is 3. The van der Waals surface area contributed by atoms with Crippen molar-refractivity contribution < 1.29 is 22.0 Å². The first kappa shape index (κ1) is 23.2. The second-order valence-electron chi connectivity index (χ2n) is 8.25. The molecular weight excluding hydrogens is 497 g/mol. The van der Waals surface area contributed by atoms with Gasteiger partial charge in [0.1, 0.15) is 17.0 Å². The van der Waals surface area contributed by atoms with Gasteiger partial charge in [-0.1, -0.05) is 18.2 Å². The number of aryl methyl sites for hydroxylation is 1. The van der Waals surface area contributed by atoms with Crippen LogP contribution in [-0.2, 0) is 34.2 Å². The number of halogens is 1. The molecule has 35 heavy (non-hydrogen) atoms. The van der Waals surface area contributed by atoms with Gasteiger partial charge in [0.25, 0.3) is 10.0 Å². The standard InChI is InChI=1S/C22H20FN5O5S2/c1-12(29)26-15-6-5-13-3-2-4-14(16(13)7-15)10-28-18-8-17(23)20(9-19(18)33-22(28)30)35(31,32)27-21-24-11-25-34-21/h2-4,8-9,11,15H,5-7,10H2,1H3,(H,26,29)(H,24,25,27)/t15-/m0/s1. The summed E-state index contributed by atoms with van der Waals surface area (Å²) < 4.78 is 52.7. The molecule has 2 aromatic heterocycles. The number of hydrogen-bond acceptors (Lipinski definition) is 8. The number of nitrogens with one attached hydrogen (secondary N) is 2. The average molecular weight is 518 g/mol. The van der Waals surface area contributed by atoms with E-state index in [2.05, 4.69) is 19.4 Å². The quantitative estimate of drug-likeness (QED) is 0.401. The van der Waals surface area contributed by atoms with Crippen molar-refractivity contribution >= 4 is 43.7 Å². The normalized spacial score (nSPS) is 15.7. The fraction of sp³-hybridized carbons (Fsp3) is 0.273. The topological polar surface area (TPSA) is 136 Å². The molecule has 2 N–H and O–H groups in total. The van der Waals surface area contributed by atoms with Crippen molar-refractivity contribution in [2.75, 3.05) is 4.72 Å². The fourth-order valence-corrected chi connectivity index (χ4v) is 6.14. The molecule has 0 saturated carbocycles. The molecule has 1 aliphatic rings. The van der Waals surface area contributed by atoms with Gasteiger partial charge in [0.15, 0.2) is 5.58 Å². The second-order valence-corrected chi connectivity index (χ2v) is 10.7. The molecule has 1 amide bonds. The summed E-state index contributed by atoms with van der Waals surface area (Å²) in [5.74, 6) is -1.88. The number of fused-ring (bicyclic) bond motifs is 2. The third-order valence-electron chi connectivity index (χ3n) is 5.91. The first-order chi connectivity index (χ1) is 16.7. The Bertz CT molecular complexity index is 1590. The van der Waals surface area contributed by atoms with Crippen molar-refractivity contribution in [1.82, 2.24) is 19.2 Å². The number of oxazole rings is 1. The predicted molar refractivity (Wildman–Crippen MR) is 126 cm³/mol. The number of carbonyl (C=O) groups is 1. The molecule has 0 aliphatic heterocycles. The molecule has 0 radical (unpaired) electrons. The van der Waals surface area contributed by atoms with E-state index in [1.165, 1.54) is 17.8 Å². The van der Waals surface area contributed by atoms with Crippen molar-refractivity contribution in [3.8, 4) is 0 Å². The third kappa shape index (κ3) is 4.56. The van der Waals surface area contributed by atoms with E-state index in [4.69, 9.17) is 4.42 Å². The molecule has 182 valence electrons. The zero-order chi connectivity index (χ0) is 24.7. The van der Waals surface area contributed by atoms with Crippen molar-refractivity contribution in [1.29, 1.82) is 0 Å². The SMILES string of the molecule is CC(=O)N[C@H]1CCc2cccc(Cn3c(=O)oc4cc(S(=O)(=O)Nc5ncns5)c(F)cc43)c2C1. The maximum atomic E-state index is 15.0. The minimum Gasteiger partial charge on any atom is -0.408 e. The Labute approximate surface area is 203 Å². The minimum atomic E-state index is -4.32. The number of nitrogens with zero attached hydrogens (tertiary/aromatic N) is 3. The lowest BCUT2D eigenvalue weighted by Crippen LogP contribution is -2.38. The Hall–Kier alpha value is -3.58. The van der Waals surface area contributed by atoms with Crippen LogP contribution in [0.2, 0.25) is 0 Å². The highest BCUT2D eigenvalue weighted by Crippen LogP contribution is 2.28. The van der Waals surface area contributed by atoms with E-state index in [1.54, 1.807) is 0 Å². The van der Waals surface area contributed by atoms with Gasteiger partial charge in [-0.3, -0.25) is 14.1 Å². The summed E-state index contributed by atoms with van der Waals surface area (Å²) in [5, 5.41) is 2.93. The van der Waals surface area contributed by atoms with E-state index in [0.717, 1.165) is 53.2 Å². The lowest BCUT2D eigenvalue weighted by atomic mass is 9.85. The lowest BCUT2D eigenvalue weighted by Gasteiger charge is -2.27. The summed E-state index contributed by atoms with van der Waals surface area (Å²) in [6.45, 7) is 1.58. The molecule has 0 fully saturated rings. The molecule has 0 saturated heterocycles. The van der Waals surface area contributed by atoms with Crippen LogP contribution in [-0.4, -0.2) is 34.3 Å². The Morgan fingerprint density at radius 1 is 1.34 bits per heavy atom. The smallest absolute Gasteiger partial charge is 0.408 e. The number of hydrogen-bond donors (Lipinski definition) is 2. The van der Waals surface area contributed by atoms with E-state index >= 15 is 0 Å². The van der Waals surface area contributed by atoms with Crippen molar-refractivity contribution in [2.45, 2.75) is 43.7 Å². The molecule has 1 atom stereocenters. The van der Waals surface area contributed by atoms with Crippen LogP contribution in [0.3, 0.4) is 0 Å². The Balaban J connectivity index is 1.50. The number of anilines is 1. The van der Waals surface area contributed by atoms with Crippen molar-refractivity contribution in [2.24, 2.45) is 0 Å². The van der Waals surface area contributed by atoms with E-state index < -0.39 is 26.5 Å². The number of carbonyl (C=O) groups excluding carboxylic acids is 1. The first-order valence-electron chi connectivity index (χ1n) is 10.7. The summed E-state index contributed by atoms with van der Waals surface area (Å²) in [6.07, 6.45) is 3.39. The molecule has 4 aromatic rings. The monoisotopic (exact) mass is 517 g/mol. The van der Waals surface area contributed by atoms with E-state index in [9.17, 15) is 22.4 Å². The number of amides is 1. The largest absolute Gasteiger partial charge is 0.420 e. The first-order valence-corrected chi connectivity index (χ1v) is 13.0. The van der Waals surface area contributed by atoms with Crippen LogP contribution in [0.1, 0.15) is 30.0 Å². The number of rotatable bonds is 6. The minimum absolute atomic E-state index is 0.00953. The fourth-order valence-electron chi connectivity index (χ4n) is 4.40. The van der Waals surface area contributed by atoms with Crippen LogP contribution in [0, 0.1) is 5.82 Å². The second kappa shape index (κ2) is 8.89. The van der Waals surface area contributed by atoms with E-state index in [0.29, 0.717) is 6.42 Å². The van der Waals surface area contributed by atoms with E-state index in [-0.39, 0.29) is 34.7 Å². The third-order valence-corrected chi connectivity index (χ3v) is 7.98. The Morgan fingerprint density at radius 2 is 2.17 bits per heavy atom. The highest BCUT2D eigenvalue weighted by molar-refractivity contribution is 7.93. The Morgan fingerprint density at radius 3 is 2.91 bits per heavy atom. The molecule has 13 heteroatoms. The van der Waals surface area contributed by atoms with Gasteiger partial charge in [-0.05, 0) is 36.0 Å². The van der Waals surface area contributed by atoms with Gasteiger partial charge in [-0.15, -0.1) is 0 Å². The van der Waals surface area contributed by atoms with Crippen LogP contribution in [0.4, 0.5) is 9.52 Å². The number of benzene rings is 2. The van der Waals surface area contributed by atoms with Gasteiger partial charge >= 0.3 is 5.76 Å². The summed E-state index contributed by atoms with van der Waals surface area (Å²) in [4.78, 5) is 27.3. The van der Waals surface area contributed by atoms with Gasteiger partial charge < -0.3 is 9.73 Å².